The Bertz CT molecular complexity index is 788. The van der Waals surface area contributed by atoms with Crippen molar-refractivity contribution in [2.24, 2.45) is 17.6 Å². The van der Waals surface area contributed by atoms with Crippen molar-refractivity contribution in [3.8, 4) is 0 Å². The van der Waals surface area contributed by atoms with Crippen LogP contribution in [-0.4, -0.2) is 61.3 Å². The fourth-order valence-corrected chi connectivity index (χ4v) is 3.96. The minimum absolute atomic E-state index is 0.0311. The molecule has 2 amide bonds. The third-order valence-electron chi connectivity index (χ3n) is 5.38. The molecular formula is C25H39N3O5S. The Balaban J connectivity index is 2.93. The summed E-state index contributed by atoms with van der Waals surface area (Å²) in [5.74, 6) is -1.01. The summed E-state index contributed by atoms with van der Waals surface area (Å²) in [7, 11) is 1.29. The number of thioether (sulfide) groups is 1. The average molecular weight is 494 g/mol. The van der Waals surface area contributed by atoms with Crippen molar-refractivity contribution >= 4 is 35.3 Å². The first-order valence-corrected chi connectivity index (χ1v) is 13.0. The van der Waals surface area contributed by atoms with Crippen LogP contribution in [0.3, 0.4) is 0 Å². The molecule has 1 aromatic carbocycles. The molecule has 0 heterocycles. The van der Waals surface area contributed by atoms with E-state index < -0.39 is 24.0 Å². The predicted molar refractivity (Wildman–Crippen MR) is 135 cm³/mol. The van der Waals surface area contributed by atoms with E-state index in [1.807, 2.05) is 50.4 Å². The first-order chi connectivity index (χ1) is 16.2. The van der Waals surface area contributed by atoms with Crippen LogP contribution in [0.1, 0.15) is 45.1 Å². The number of carbonyl (C=O) groups is 4. The number of esters is 1. The number of nitrogens with two attached hydrogens (primary N) is 1. The van der Waals surface area contributed by atoms with Crippen LogP contribution in [0.15, 0.2) is 30.3 Å². The summed E-state index contributed by atoms with van der Waals surface area (Å²) < 4.78 is 4.61. The first kappa shape index (κ1) is 29.6. The quantitative estimate of drug-likeness (QED) is 0.301. The van der Waals surface area contributed by atoms with E-state index >= 15 is 0 Å². The lowest BCUT2D eigenvalue weighted by atomic mass is 9.89. The highest BCUT2D eigenvalue weighted by Gasteiger charge is 2.29. The molecule has 190 valence electrons. The van der Waals surface area contributed by atoms with Crippen molar-refractivity contribution in [2.45, 2.75) is 58.0 Å². The standard InChI is InChI=1S/C25H39N3O5S/c1-17(2)14-21(28-25(32)20(26)11-13-34-4)22(29)16-19(15-18-8-6-5-7-9-18)24(31)27-12-10-23(30)33-3/h5-9,17,19-21H,10-16,26H2,1-4H3,(H,27,31)(H,28,32)/t19-,20+,21+/m1/s1. The van der Waals surface area contributed by atoms with Crippen molar-refractivity contribution in [2.75, 3.05) is 25.7 Å². The Kier molecular flexibility index (Phi) is 14.2. The maximum Gasteiger partial charge on any atom is 0.307 e. The summed E-state index contributed by atoms with van der Waals surface area (Å²) in [4.78, 5) is 50.1. The van der Waals surface area contributed by atoms with Crippen LogP contribution in [-0.2, 0) is 30.3 Å². The molecule has 0 saturated carbocycles. The fourth-order valence-electron chi connectivity index (χ4n) is 3.47. The minimum atomic E-state index is -0.714. The van der Waals surface area contributed by atoms with Gasteiger partial charge in [0.2, 0.25) is 11.8 Å². The van der Waals surface area contributed by atoms with Gasteiger partial charge in [0.1, 0.15) is 0 Å². The summed E-state index contributed by atoms with van der Waals surface area (Å²) in [6.07, 6.45) is 3.31. The van der Waals surface area contributed by atoms with Gasteiger partial charge in [0.25, 0.3) is 0 Å². The van der Waals surface area contributed by atoms with E-state index in [1.165, 1.54) is 7.11 Å². The summed E-state index contributed by atoms with van der Waals surface area (Å²) in [5.41, 5.74) is 6.91. The largest absolute Gasteiger partial charge is 0.469 e. The lowest BCUT2D eigenvalue weighted by molar-refractivity contribution is -0.140. The highest BCUT2D eigenvalue weighted by atomic mass is 32.2. The Labute approximate surface area is 207 Å². The number of rotatable bonds is 16. The van der Waals surface area contributed by atoms with E-state index in [2.05, 4.69) is 15.4 Å². The van der Waals surface area contributed by atoms with Gasteiger partial charge in [0.15, 0.2) is 5.78 Å². The maximum absolute atomic E-state index is 13.3. The van der Waals surface area contributed by atoms with Crippen LogP contribution in [0.25, 0.3) is 0 Å². The second-order valence-electron chi connectivity index (χ2n) is 8.75. The maximum atomic E-state index is 13.3. The van der Waals surface area contributed by atoms with Crippen molar-refractivity contribution in [3.05, 3.63) is 35.9 Å². The summed E-state index contributed by atoms with van der Waals surface area (Å²) >= 11 is 1.60. The zero-order valence-corrected chi connectivity index (χ0v) is 21.5. The van der Waals surface area contributed by atoms with Crippen LogP contribution in [0.2, 0.25) is 0 Å². The van der Waals surface area contributed by atoms with Gasteiger partial charge in [-0.15, -0.1) is 0 Å². The van der Waals surface area contributed by atoms with E-state index in [-0.39, 0.29) is 42.9 Å². The average Bonchev–Trinajstić information content (AvgIpc) is 2.81. The molecule has 1 aromatic rings. The van der Waals surface area contributed by atoms with Crippen molar-refractivity contribution in [1.82, 2.24) is 10.6 Å². The molecule has 0 aliphatic rings. The molecule has 0 radical (unpaired) electrons. The van der Waals surface area contributed by atoms with Crippen LogP contribution in [0.5, 0.6) is 0 Å². The third kappa shape index (κ3) is 11.7. The molecule has 34 heavy (non-hydrogen) atoms. The molecule has 8 nitrogen and oxygen atoms in total. The van der Waals surface area contributed by atoms with Crippen molar-refractivity contribution < 1.29 is 23.9 Å². The van der Waals surface area contributed by atoms with Crippen LogP contribution in [0, 0.1) is 11.8 Å². The van der Waals surface area contributed by atoms with E-state index in [1.54, 1.807) is 11.8 Å². The zero-order chi connectivity index (χ0) is 25.5. The Morgan fingerprint density at radius 3 is 2.35 bits per heavy atom. The Hall–Kier alpha value is -2.39. The van der Waals surface area contributed by atoms with Crippen LogP contribution >= 0.6 is 11.8 Å². The number of hydrogen-bond acceptors (Lipinski definition) is 7. The van der Waals surface area contributed by atoms with Crippen molar-refractivity contribution in [1.29, 1.82) is 0 Å². The van der Waals surface area contributed by atoms with Gasteiger partial charge in [0.05, 0.1) is 25.6 Å². The molecule has 0 spiro atoms. The minimum Gasteiger partial charge on any atom is -0.469 e. The zero-order valence-electron chi connectivity index (χ0n) is 20.7. The normalized spacial score (nSPS) is 13.6. The molecule has 0 aliphatic heterocycles. The first-order valence-electron chi connectivity index (χ1n) is 11.6. The number of amides is 2. The van der Waals surface area contributed by atoms with Crippen LogP contribution in [0.4, 0.5) is 0 Å². The predicted octanol–water partition coefficient (Wildman–Crippen LogP) is 2.10. The number of Topliss-reactive ketones (excluding diaryl/α,β-unsaturated/α-hetero) is 1. The van der Waals surface area contributed by atoms with E-state index in [0.717, 1.165) is 11.3 Å². The molecule has 4 N–H and O–H groups in total. The summed E-state index contributed by atoms with van der Waals surface area (Å²) in [6, 6.07) is 8.04. The molecule has 0 aromatic heterocycles. The number of benzene rings is 1. The van der Waals surface area contributed by atoms with Gasteiger partial charge in [-0.05, 0) is 42.8 Å². The van der Waals surface area contributed by atoms with E-state index in [9.17, 15) is 19.2 Å². The van der Waals surface area contributed by atoms with E-state index in [0.29, 0.717) is 19.3 Å². The lowest BCUT2D eigenvalue weighted by Crippen LogP contribution is -2.49. The fraction of sp³-hybridized carbons (Fsp3) is 0.600. The van der Waals surface area contributed by atoms with Gasteiger partial charge in [-0.1, -0.05) is 44.2 Å². The number of ketones is 1. The molecule has 0 aliphatic carbocycles. The van der Waals surface area contributed by atoms with Gasteiger partial charge in [-0.2, -0.15) is 11.8 Å². The highest BCUT2D eigenvalue weighted by molar-refractivity contribution is 7.98. The molecule has 0 unspecified atom stereocenters. The second kappa shape index (κ2) is 16.3. The van der Waals surface area contributed by atoms with Gasteiger partial charge >= 0.3 is 5.97 Å². The van der Waals surface area contributed by atoms with Gasteiger partial charge < -0.3 is 21.1 Å². The van der Waals surface area contributed by atoms with Gasteiger partial charge in [-0.25, -0.2) is 0 Å². The number of carbonyl (C=O) groups excluding carboxylic acids is 4. The molecule has 0 fully saturated rings. The van der Waals surface area contributed by atoms with Gasteiger partial charge in [-0.3, -0.25) is 19.2 Å². The topological polar surface area (TPSA) is 128 Å². The van der Waals surface area contributed by atoms with Gasteiger partial charge in [0, 0.05) is 18.9 Å². The number of methoxy groups -OCH3 is 1. The molecule has 1 rings (SSSR count). The monoisotopic (exact) mass is 493 g/mol. The Morgan fingerprint density at radius 2 is 1.76 bits per heavy atom. The van der Waals surface area contributed by atoms with Crippen LogP contribution < -0.4 is 16.4 Å². The lowest BCUT2D eigenvalue weighted by Gasteiger charge is -2.24. The molecule has 3 atom stereocenters. The third-order valence-corrected chi connectivity index (χ3v) is 6.03. The highest BCUT2D eigenvalue weighted by Crippen LogP contribution is 2.17. The Morgan fingerprint density at radius 1 is 1.09 bits per heavy atom. The second-order valence-corrected chi connectivity index (χ2v) is 9.74. The molecule has 9 heteroatoms. The number of hydrogen-bond donors (Lipinski definition) is 3. The summed E-state index contributed by atoms with van der Waals surface area (Å²) in [6.45, 7) is 4.07. The molecular weight excluding hydrogens is 454 g/mol. The molecule has 0 saturated heterocycles. The SMILES string of the molecule is COC(=O)CCNC(=O)[C@@H](CC(=O)[C@H](CC(C)C)NC(=O)[C@@H](N)CCSC)Cc1ccccc1. The number of ether oxygens (including phenoxy) is 1. The summed E-state index contributed by atoms with van der Waals surface area (Å²) in [5, 5.41) is 5.55. The van der Waals surface area contributed by atoms with Crippen molar-refractivity contribution in [3.63, 3.8) is 0 Å². The van der Waals surface area contributed by atoms with E-state index in [4.69, 9.17) is 5.73 Å². The molecule has 0 bridgehead atoms. The smallest absolute Gasteiger partial charge is 0.307 e. The number of nitrogens with one attached hydrogen (secondary N) is 2.